The van der Waals surface area contributed by atoms with Gasteiger partial charge < -0.3 is 9.47 Å². The maximum Gasteiger partial charge on any atom is 0.128 e. The zero-order chi connectivity index (χ0) is 16.5. The third-order valence-corrected chi connectivity index (χ3v) is 5.87. The Labute approximate surface area is 148 Å². The Hall–Kier alpha value is -2.30. The van der Waals surface area contributed by atoms with Gasteiger partial charge in [0.25, 0.3) is 0 Å². The Kier molecular flexibility index (Phi) is 4.00. The summed E-state index contributed by atoms with van der Waals surface area (Å²) in [5.41, 5.74) is 2.29. The molecule has 4 aromatic rings. The third-order valence-electron chi connectivity index (χ3n) is 4.10. The molecule has 0 radical (unpaired) electrons. The van der Waals surface area contributed by atoms with Gasteiger partial charge in [-0.2, -0.15) is 0 Å². The third kappa shape index (κ3) is 2.39. The second-order valence-corrected chi connectivity index (χ2v) is 7.23. The van der Waals surface area contributed by atoms with Gasteiger partial charge in [0, 0.05) is 20.9 Å². The lowest BCUT2D eigenvalue weighted by atomic mass is 9.96. The standard InChI is InChI=1S/C20H16O2S2/c1-21-15-9-7-14-13(19(15)17-5-3-11-23-17)8-10-16(22-2)20(14)18-6-4-12-24-18/h3-12H,1-2H3. The van der Waals surface area contributed by atoms with Crippen LogP contribution in [0.5, 0.6) is 11.5 Å². The summed E-state index contributed by atoms with van der Waals surface area (Å²) in [4.78, 5) is 2.42. The van der Waals surface area contributed by atoms with E-state index in [1.165, 1.54) is 20.5 Å². The summed E-state index contributed by atoms with van der Waals surface area (Å²) >= 11 is 3.45. The Balaban J connectivity index is 2.11. The summed E-state index contributed by atoms with van der Waals surface area (Å²) in [6, 6.07) is 16.8. The Morgan fingerprint density at radius 2 is 1.08 bits per heavy atom. The van der Waals surface area contributed by atoms with Crippen LogP contribution in [-0.2, 0) is 0 Å². The molecule has 4 heteroatoms. The van der Waals surface area contributed by atoms with E-state index in [-0.39, 0.29) is 0 Å². The number of ether oxygens (including phenoxy) is 2. The molecule has 0 saturated heterocycles. The minimum atomic E-state index is 0.896. The number of rotatable bonds is 4. The highest BCUT2D eigenvalue weighted by atomic mass is 32.1. The summed E-state index contributed by atoms with van der Waals surface area (Å²) in [6.45, 7) is 0. The maximum atomic E-state index is 5.64. The van der Waals surface area contributed by atoms with Crippen molar-refractivity contribution < 1.29 is 9.47 Å². The molecule has 2 aromatic heterocycles. The molecule has 0 aliphatic carbocycles. The number of fused-ring (bicyclic) bond motifs is 1. The molecule has 0 spiro atoms. The van der Waals surface area contributed by atoms with E-state index in [4.69, 9.17) is 9.47 Å². The second kappa shape index (κ2) is 6.30. The van der Waals surface area contributed by atoms with Gasteiger partial charge in [-0.25, -0.2) is 0 Å². The lowest BCUT2D eigenvalue weighted by molar-refractivity contribution is 0.416. The minimum Gasteiger partial charge on any atom is -0.496 e. The quantitative estimate of drug-likeness (QED) is 0.428. The zero-order valence-corrected chi connectivity index (χ0v) is 15.0. The smallest absolute Gasteiger partial charge is 0.128 e. The molecular weight excluding hydrogens is 336 g/mol. The van der Waals surface area contributed by atoms with E-state index >= 15 is 0 Å². The van der Waals surface area contributed by atoms with Gasteiger partial charge in [-0.05, 0) is 57.9 Å². The molecule has 2 nitrogen and oxygen atoms in total. The molecule has 0 amide bonds. The fourth-order valence-electron chi connectivity index (χ4n) is 3.06. The highest BCUT2D eigenvalue weighted by Gasteiger charge is 2.17. The van der Waals surface area contributed by atoms with Gasteiger partial charge in [0.1, 0.15) is 11.5 Å². The zero-order valence-electron chi connectivity index (χ0n) is 13.4. The molecule has 24 heavy (non-hydrogen) atoms. The molecule has 0 N–H and O–H groups in total. The molecule has 2 aromatic carbocycles. The maximum absolute atomic E-state index is 5.64. The summed E-state index contributed by atoms with van der Waals surface area (Å²) < 4.78 is 11.3. The van der Waals surface area contributed by atoms with Crippen molar-refractivity contribution in [2.75, 3.05) is 14.2 Å². The number of benzene rings is 2. The molecule has 2 heterocycles. The van der Waals surface area contributed by atoms with Gasteiger partial charge in [-0.3, -0.25) is 0 Å². The van der Waals surface area contributed by atoms with E-state index in [2.05, 4.69) is 47.2 Å². The molecule has 0 saturated carbocycles. The van der Waals surface area contributed by atoms with E-state index < -0.39 is 0 Å². The molecule has 0 fully saturated rings. The normalized spacial score (nSPS) is 10.9. The van der Waals surface area contributed by atoms with Gasteiger partial charge in [-0.15, -0.1) is 22.7 Å². The van der Waals surface area contributed by atoms with Crippen molar-refractivity contribution in [2.24, 2.45) is 0 Å². The largest absolute Gasteiger partial charge is 0.496 e. The fraction of sp³-hybridized carbons (Fsp3) is 0.100. The van der Waals surface area contributed by atoms with E-state index in [0.717, 1.165) is 22.6 Å². The van der Waals surface area contributed by atoms with Crippen LogP contribution < -0.4 is 9.47 Å². The van der Waals surface area contributed by atoms with Crippen LogP contribution in [-0.4, -0.2) is 14.2 Å². The topological polar surface area (TPSA) is 18.5 Å². The van der Waals surface area contributed by atoms with Crippen LogP contribution >= 0.6 is 22.7 Å². The molecule has 120 valence electrons. The van der Waals surface area contributed by atoms with Crippen LogP contribution in [0, 0.1) is 0 Å². The van der Waals surface area contributed by atoms with Crippen molar-refractivity contribution >= 4 is 33.4 Å². The average molecular weight is 352 g/mol. The molecular formula is C20H16O2S2. The van der Waals surface area contributed by atoms with Gasteiger partial charge in [0.15, 0.2) is 0 Å². The summed E-state index contributed by atoms with van der Waals surface area (Å²) in [5.74, 6) is 1.79. The summed E-state index contributed by atoms with van der Waals surface area (Å²) in [7, 11) is 3.45. The van der Waals surface area contributed by atoms with Crippen LogP contribution in [0.4, 0.5) is 0 Å². The lowest BCUT2D eigenvalue weighted by Gasteiger charge is -2.15. The Morgan fingerprint density at radius 1 is 0.625 bits per heavy atom. The SMILES string of the molecule is COc1ccc2c(-c3cccs3)c(OC)ccc2c1-c1cccs1. The van der Waals surface area contributed by atoms with Gasteiger partial charge in [0.2, 0.25) is 0 Å². The molecule has 0 unspecified atom stereocenters. The van der Waals surface area contributed by atoms with E-state index in [9.17, 15) is 0 Å². The van der Waals surface area contributed by atoms with Crippen molar-refractivity contribution in [3.05, 3.63) is 59.3 Å². The predicted octanol–water partition coefficient (Wildman–Crippen LogP) is 6.31. The van der Waals surface area contributed by atoms with Gasteiger partial charge in [-0.1, -0.05) is 12.1 Å². The predicted molar refractivity (Wildman–Crippen MR) is 104 cm³/mol. The molecule has 0 atom stereocenters. The number of hydrogen-bond donors (Lipinski definition) is 0. The second-order valence-electron chi connectivity index (χ2n) is 5.34. The van der Waals surface area contributed by atoms with Crippen molar-refractivity contribution in [1.29, 1.82) is 0 Å². The van der Waals surface area contributed by atoms with Crippen molar-refractivity contribution in [3.63, 3.8) is 0 Å². The first-order chi connectivity index (χ1) is 11.8. The van der Waals surface area contributed by atoms with Crippen LogP contribution in [0.15, 0.2) is 59.3 Å². The first kappa shape index (κ1) is 15.2. The summed E-state index contributed by atoms with van der Waals surface area (Å²) in [6.07, 6.45) is 0. The van der Waals surface area contributed by atoms with Crippen LogP contribution in [0.25, 0.3) is 31.7 Å². The lowest BCUT2D eigenvalue weighted by Crippen LogP contribution is -1.92. The van der Waals surface area contributed by atoms with Crippen LogP contribution in [0.1, 0.15) is 0 Å². The molecule has 0 bridgehead atoms. The minimum absolute atomic E-state index is 0.896. The van der Waals surface area contributed by atoms with Gasteiger partial charge in [0.05, 0.1) is 14.2 Å². The summed E-state index contributed by atoms with van der Waals surface area (Å²) in [5, 5.41) is 6.55. The Bertz CT molecular complexity index is 889. The van der Waals surface area contributed by atoms with Gasteiger partial charge >= 0.3 is 0 Å². The first-order valence-corrected chi connectivity index (χ1v) is 9.35. The number of hydrogen-bond acceptors (Lipinski definition) is 4. The highest BCUT2D eigenvalue weighted by Crippen LogP contribution is 2.45. The van der Waals surface area contributed by atoms with Crippen molar-refractivity contribution in [2.45, 2.75) is 0 Å². The van der Waals surface area contributed by atoms with Crippen LogP contribution in [0.2, 0.25) is 0 Å². The highest BCUT2D eigenvalue weighted by molar-refractivity contribution is 7.14. The molecule has 4 rings (SSSR count). The van der Waals surface area contributed by atoms with E-state index in [1.54, 1.807) is 36.9 Å². The van der Waals surface area contributed by atoms with E-state index in [1.807, 2.05) is 12.1 Å². The number of methoxy groups -OCH3 is 2. The van der Waals surface area contributed by atoms with Crippen molar-refractivity contribution in [3.8, 4) is 32.4 Å². The molecule has 0 aliphatic heterocycles. The first-order valence-electron chi connectivity index (χ1n) is 7.59. The average Bonchev–Trinajstić information content (AvgIpc) is 3.33. The van der Waals surface area contributed by atoms with E-state index in [0.29, 0.717) is 0 Å². The molecule has 0 aliphatic rings. The van der Waals surface area contributed by atoms with Crippen LogP contribution in [0.3, 0.4) is 0 Å². The Morgan fingerprint density at radius 3 is 1.42 bits per heavy atom. The number of thiophene rings is 2. The fourth-order valence-corrected chi connectivity index (χ4v) is 4.63. The van der Waals surface area contributed by atoms with Crippen molar-refractivity contribution in [1.82, 2.24) is 0 Å². The monoisotopic (exact) mass is 352 g/mol.